The molecule has 1 amide bonds. The fourth-order valence-corrected chi connectivity index (χ4v) is 3.94. The third-order valence-electron chi connectivity index (χ3n) is 3.34. The van der Waals surface area contributed by atoms with Gasteiger partial charge in [-0.25, -0.2) is 0 Å². The fourth-order valence-electron chi connectivity index (χ4n) is 2.27. The number of benzene rings is 2. The van der Waals surface area contributed by atoms with Crippen molar-refractivity contribution in [3.05, 3.63) is 65.7 Å². The number of para-hydroxylation sites is 2. The summed E-state index contributed by atoms with van der Waals surface area (Å²) in [7, 11) is 0. The molecular formula is C18H17N3O2S2. The number of hydrogen-bond donors (Lipinski definition) is 1. The summed E-state index contributed by atoms with van der Waals surface area (Å²) in [6, 6.07) is 17.1. The summed E-state index contributed by atoms with van der Waals surface area (Å²) in [5.41, 5.74) is 3.23. The Labute approximate surface area is 154 Å². The second-order valence-corrected chi connectivity index (χ2v) is 7.22. The van der Waals surface area contributed by atoms with Gasteiger partial charge in [-0.3, -0.25) is 4.79 Å². The minimum absolute atomic E-state index is 0.126. The van der Waals surface area contributed by atoms with Crippen molar-refractivity contribution < 1.29 is 9.53 Å². The van der Waals surface area contributed by atoms with Crippen molar-refractivity contribution in [3.8, 4) is 5.75 Å². The molecule has 0 saturated carbocycles. The molecule has 0 aliphatic rings. The Hall–Kier alpha value is -2.38. The van der Waals surface area contributed by atoms with E-state index in [0.717, 1.165) is 9.90 Å². The molecule has 1 atom stereocenters. The first-order valence-corrected chi connectivity index (χ1v) is 9.54. The minimum Gasteiger partial charge on any atom is -0.492 e. The van der Waals surface area contributed by atoms with E-state index < -0.39 is 5.25 Å². The molecule has 1 heterocycles. The van der Waals surface area contributed by atoms with Gasteiger partial charge in [0, 0.05) is 0 Å². The van der Waals surface area contributed by atoms with E-state index in [2.05, 4.69) is 15.5 Å². The Kier molecular flexibility index (Phi) is 6.03. The Morgan fingerprint density at radius 1 is 1.20 bits per heavy atom. The third-order valence-corrected chi connectivity index (χ3v) is 5.41. The first-order valence-electron chi connectivity index (χ1n) is 7.78. The lowest BCUT2D eigenvalue weighted by atomic mass is 10.1. The van der Waals surface area contributed by atoms with Crippen LogP contribution in [0.5, 0.6) is 5.75 Å². The van der Waals surface area contributed by atoms with Crippen LogP contribution in [0.25, 0.3) is 0 Å². The van der Waals surface area contributed by atoms with Crippen LogP contribution in [0.1, 0.15) is 17.7 Å². The normalized spacial score (nSPS) is 11.7. The molecule has 0 unspecified atom stereocenters. The Morgan fingerprint density at radius 2 is 1.96 bits per heavy atom. The van der Waals surface area contributed by atoms with E-state index in [1.807, 2.05) is 61.5 Å². The molecule has 1 aromatic heterocycles. The number of thioether (sulfide) groups is 1. The second-order valence-electron chi connectivity index (χ2n) is 5.03. The van der Waals surface area contributed by atoms with Gasteiger partial charge in [0.05, 0.1) is 12.3 Å². The average Bonchev–Trinajstić information content (AvgIpc) is 3.15. The monoisotopic (exact) mass is 371 g/mol. The molecule has 0 radical (unpaired) electrons. The molecular weight excluding hydrogens is 354 g/mol. The second kappa shape index (κ2) is 8.64. The highest BCUT2D eigenvalue weighted by molar-refractivity contribution is 8.01. The van der Waals surface area contributed by atoms with Crippen LogP contribution in [-0.4, -0.2) is 22.7 Å². The van der Waals surface area contributed by atoms with Crippen molar-refractivity contribution in [2.75, 3.05) is 11.9 Å². The first-order chi connectivity index (χ1) is 12.3. The zero-order valence-corrected chi connectivity index (χ0v) is 15.2. The molecule has 0 aliphatic carbocycles. The van der Waals surface area contributed by atoms with Gasteiger partial charge in [0.15, 0.2) is 4.34 Å². The van der Waals surface area contributed by atoms with Crippen LogP contribution in [0.3, 0.4) is 0 Å². The lowest BCUT2D eigenvalue weighted by Gasteiger charge is -2.17. The summed E-state index contributed by atoms with van der Waals surface area (Å²) in [6.07, 6.45) is 0. The van der Waals surface area contributed by atoms with Crippen molar-refractivity contribution in [2.45, 2.75) is 16.5 Å². The van der Waals surface area contributed by atoms with Gasteiger partial charge >= 0.3 is 0 Å². The smallest absolute Gasteiger partial charge is 0.242 e. The van der Waals surface area contributed by atoms with E-state index in [9.17, 15) is 4.79 Å². The SMILES string of the molecule is CCOc1ccccc1NC(=O)[C@@H](Sc1nncs1)c1ccccc1. The molecule has 128 valence electrons. The van der Waals surface area contributed by atoms with Gasteiger partial charge in [-0.05, 0) is 24.6 Å². The highest BCUT2D eigenvalue weighted by atomic mass is 32.2. The van der Waals surface area contributed by atoms with Crippen molar-refractivity contribution in [1.29, 1.82) is 0 Å². The number of aromatic nitrogens is 2. The van der Waals surface area contributed by atoms with Gasteiger partial charge < -0.3 is 10.1 Å². The standard InChI is InChI=1S/C18H17N3O2S2/c1-2-23-15-11-7-6-10-14(15)20-17(22)16(13-8-4-3-5-9-13)25-18-21-19-12-24-18/h3-12,16H,2H2,1H3,(H,20,22)/t16-/m0/s1. The van der Waals surface area contributed by atoms with Crippen LogP contribution in [0.4, 0.5) is 5.69 Å². The molecule has 1 N–H and O–H groups in total. The highest BCUT2D eigenvalue weighted by Gasteiger charge is 2.24. The Morgan fingerprint density at radius 3 is 2.68 bits per heavy atom. The molecule has 0 spiro atoms. The summed E-state index contributed by atoms with van der Waals surface area (Å²) >= 11 is 2.80. The van der Waals surface area contributed by atoms with E-state index in [4.69, 9.17) is 4.74 Å². The number of nitrogens with one attached hydrogen (secondary N) is 1. The lowest BCUT2D eigenvalue weighted by Crippen LogP contribution is -2.19. The molecule has 7 heteroatoms. The average molecular weight is 371 g/mol. The van der Waals surface area contributed by atoms with Gasteiger partial charge in [0.2, 0.25) is 5.91 Å². The number of nitrogens with zero attached hydrogens (tertiary/aromatic N) is 2. The quantitative estimate of drug-likeness (QED) is 0.623. The number of hydrogen-bond acceptors (Lipinski definition) is 6. The van der Waals surface area contributed by atoms with Gasteiger partial charge in [0.1, 0.15) is 16.5 Å². The molecule has 0 fully saturated rings. The summed E-state index contributed by atoms with van der Waals surface area (Å²) in [5, 5.41) is 10.4. The molecule has 3 aromatic rings. The van der Waals surface area contributed by atoms with E-state index in [-0.39, 0.29) is 5.91 Å². The largest absolute Gasteiger partial charge is 0.492 e. The van der Waals surface area contributed by atoms with Gasteiger partial charge in [0.25, 0.3) is 0 Å². The van der Waals surface area contributed by atoms with Crippen LogP contribution < -0.4 is 10.1 Å². The lowest BCUT2D eigenvalue weighted by molar-refractivity contribution is -0.115. The number of amides is 1. The predicted octanol–water partition coefficient (Wildman–Crippen LogP) is 4.41. The van der Waals surface area contributed by atoms with E-state index in [0.29, 0.717) is 18.0 Å². The minimum atomic E-state index is -0.427. The number of carbonyl (C=O) groups is 1. The van der Waals surface area contributed by atoms with E-state index in [1.165, 1.54) is 23.1 Å². The molecule has 0 bridgehead atoms. The van der Waals surface area contributed by atoms with Gasteiger partial charge in [-0.15, -0.1) is 10.2 Å². The van der Waals surface area contributed by atoms with Gasteiger partial charge in [-0.1, -0.05) is 65.6 Å². The van der Waals surface area contributed by atoms with Crippen molar-refractivity contribution in [3.63, 3.8) is 0 Å². The number of anilines is 1. The Bertz CT molecular complexity index is 810. The van der Waals surface area contributed by atoms with E-state index >= 15 is 0 Å². The maximum atomic E-state index is 13.0. The molecule has 5 nitrogen and oxygen atoms in total. The van der Waals surface area contributed by atoms with Crippen molar-refractivity contribution in [2.24, 2.45) is 0 Å². The zero-order chi connectivity index (χ0) is 17.5. The molecule has 3 rings (SSSR count). The maximum absolute atomic E-state index is 13.0. The van der Waals surface area contributed by atoms with Crippen LogP contribution >= 0.6 is 23.1 Å². The summed E-state index contributed by atoms with van der Waals surface area (Å²) in [5.74, 6) is 0.532. The summed E-state index contributed by atoms with van der Waals surface area (Å²) < 4.78 is 6.34. The van der Waals surface area contributed by atoms with Crippen LogP contribution in [-0.2, 0) is 4.79 Å². The van der Waals surface area contributed by atoms with Crippen molar-refractivity contribution in [1.82, 2.24) is 10.2 Å². The number of rotatable bonds is 7. The Balaban J connectivity index is 1.84. The highest BCUT2D eigenvalue weighted by Crippen LogP contribution is 2.37. The molecule has 25 heavy (non-hydrogen) atoms. The van der Waals surface area contributed by atoms with Crippen LogP contribution in [0.2, 0.25) is 0 Å². The predicted molar refractivity (Wildman–Crippen MR) is 101 cm³/mol. The third kappa shape index (κ3) is 4.58. The summed E-state index contributed by atoms with van der Waals surface area (Å²) in [4.78, 5) is 13.0. The first kappa shape index (κ1) is 17.4. The number of carbonyl (C=O) groups excluding carboxylic acids is 1. The topological polar surface area (TPSA) is 64.1 Å². The number of ether oxygens (including phenoxy) is 1. The van der Waals surface area contributed by atoms with E-state index in [1.54, 1.807) is 5.51 Å². The van der Waals surface area contributed by atoms with Crippen LogP contribution in [0, 0.1) is 0 Å². The van der Waals surface area contributed by atoms with Crippen LogP contribution in [0.15, 0.2) is 64.4 Å². The fraction of sp³-hybridized carbons (Fsp3) is 0.167. The van der Waals surface area contributed by atoms with Gasteiger partial charge in [-0.2, -0.15) is 0 Å². The zero-order valence-electron chi connectivity index (χ0n) is 13.6. The molecule has 0 saturated heterocycles. The molecule has 2 aromatic carbocycles. The summed E-state index contributed by atoms with van der Waals surface area (Å²) in [6.45, 7) is 2.45. The van der Waals surface area contributed by atoms with Crippen molar-refractivity contribution >= 4 is 34.7 Å². The maximum Gasteiger partial charge on any atom is 0.242 e. The molecule has 0 aliphatic heterocycles.